The van der Waals surface area contributed by atoms with Gasteiger partial charge in [0.25, 0.3) is 0 Å². The van der Waals surface area contributed by atoms with Crippen LogP contribution in [0.3, 0.4) is 0 Å². The summed E-state index contributed by atoms with van der Waals surface area (Å²) in [6.07, 6.45) is 0. The van der Waals surface area contributed by atoms with E-state index in [1.165, 1.54) is 16.0 Å². The Morgan fingerprint density at radius 1 is 1.78 bits per heavy atom. The summed E-state index contributed by atoms with van der Waals surface area (Å²) in [7, 11) is 1.69. The molecule has 0 aliphatic rings. The van der Waals surface area contributed by atoms with Crippen molar-refractivity contribution >= 4 is 40.4 Å². The van der Waals surface area contributed by atoms with Gasteiger partial charge in [0.2, 0.25) is 9.93 Å². The summed E-state index contributed by atoms with van der Waals surface area (Å²) in [5.74, 6) is 0. The van der Waals surface area contributed by atoms with E-state index >= 15 is 0 Å². The third-order valence-corrected chi connectivity index (χ3v) is 1.49. The second kappa shape index (κ2) is 3.16. The molecule has 6 heteroatoms. The molecule has 0 saturated heterocycles. The van der Waals surface area contributed by atoms with Crippen LogP contribution in [0, 0.1) is 5.41 Å². The van der Waals surface area contributed by atoms with Gasteiger partial charge in [0.05, 0.1) is 0 Å². The fraction of sp³-hybridized carbons (Fsp3) is 0.333. The Morgan fingerprint density at radius 3 is 2.44 bits per heavy atom. The molecule has 0 aliphatic heterocycles. The van der Waals surface area contributed by atoms with E-state index in [0.29, 0.717) is 9.93 Å². The van der Waals surface area contributed by atoms with Gasteiger partial charge < -0.3 is 5.73 Å². The summed E-state index contributed by atoms with van der Waals surface area (Å²) in [5, 5.41) is 11.3. The fourth-order valence-corrected chi connectivity index (χ4v) is 0.913. The lowest BCUT2D eigenvalue weighted by Crippen LogP contribution is -2.08. The van der Waals surface area contributed by atoms with E-state index in [0.717, 1.165) is 0 Å². The summed E-state index contributed by atoms with van der Waals surface area (Å²) in [6.45, 7) is 0. The van der Waals surface area contributed by atoms with Gasteiger partial charge in [-0.2, -0.15) is 0 Å². The minimum atomic E-state index is 0. The van der Waals surface area contributed by atoms with Crippen LogP contribution in [0.4, 0.5) is 5.13 Å². The largest absolute Gasteiger partial charge is 0.374 e. The first-order valence-corrected chi connectivity index (χ1v) is 2.86. The molecule has 0 bridgehead atoms. The van der Waals surface area contributed by atoms with Gasteiger partial charge in [-0.05, 0) is 0 Å². The quantitative estimate of drug-likeness (QED) is 0.651. The van der Waals surface area contributed by atoms with Crippen LogP contribution in [0.15, 0.2) is 0 Å². The highest BCUT2D eigenvalue weighted by Crippen LogP contribution is 1.95. The highest BCUT2D eigenvalue weighted by Gasteiger charge is 1.90. The van der Waals surface area contributed by atoms with Crippen LogP contribution in [-0.4, -0.2) is 9.78 Å². The number of halogens is 1. The average Bonchev–Trinajstić information content (AvgIpc) is 1.85. The summed E-state index contributed by atoms with van der Waals surface area (Å²) in [5.41, 5.74) is 5.25. The first kappa shape index (κ1) is 8.89. The molecule has 1 aromatic rings. The van der Waals surface area contributed by atoms with E-state index in [4.69, 9.17) is 11.1 Å². The van der Waals surface area contributed by atoms with E-state index < -0.39 is 0 Å². The van der Waals surface area contributed by atoms with Gasteiger partial charge in [-0.25, -0.2) is 4.68 Å². The zero-order chi connectivity index (χ0) is 6.15. The van der Waals surface area contributed by atoms with Crippen LogP contribution in [0.2, 0.25) is 0 Å². The Morgan fingerprint density at radius 2 is 2.33 bits per heavy atom. The first-order valence-electron chi connectivity index (χ1n) is 2.04. The Hall–Kier alpha value is -0.110. The van der Waals surface area contributed by atoms with Gasteiger partial charge in [-0.1, -0.05) is 11.3 Å². The van der Waals surface area contributed by atoms with Crippen molar-refractivity contribution in [2.75, 3.05) is 5.73 Å². The molecule has 0 fully saturated rings. The highest BCUT2D eigenvalue weighted by molar-refractivity contribution is 14.0. The van der Waals surface area contributed by atoms with Crippen molar-refractivity contribution in [2.24, 2.45) is 7.05 Å². The van der Waals surface area contributed by atoms with Crippen molar-refractivity contribution in [1.82, 2.24) is 9.78 Å². The minimum Gasteiger partial charge on any atom is -0.374 e. The standard InChI is InChI=1S/C3H6N4S.HI/c1-7-3(5)8-2(4)6-7;/h5H,1H3,(H2,4,6);1H. The topological polar surface area (TPSA) is 67.7 Å². The number of nitrogen functional groups attached to an aromatic ring is 1. The molecule has 3 N–H and O–H groups in total. The molecule has 4 nitrogen and oxygen atoms in total. The predicted octanol–water partition coefficient (Wildman–Crippen LogP) is 0.161. The van der Waals surface area contributed by atoms with Crippen LogP contribution in [0.1, 0.15) is 0 Å². The Bertz CT molecular complexity index is 238. The normalized spacial score (nSPS) is 8.56. The Balaban J connectivity index is 0.000000640. The van der Waals surface area contributed by atoms with Gasteiger partial charge in [0, 0.05) is 7.05 Å². The summed E-state index contributed by atoms with van der Waals surface area (Å²) in [6, 6.07) is 0. The number of nitrogens with zero attached hydrogens (tertiary/aromatic N) is 2. The van der Waals surface area contributed by atoms with Crippen LogP contribution >= 0.6 is 35.3 Å². The monoisotopic (exact) mass is 258 g/mol. The number of hydrogen-bond donors (Lipinski definition) is 2. The predicted molar refractivity (Wildman–Crippen MR) is 46.8 cm³/mol. The molecule has 0 radical (unpaired) electrons. The fourth-order valence-electron chi connectivity index (χ4n) is 0.379. The number of anilines is 1. The molecule has 0 amide bonds. The second-order valence-corrected chi connectivity index (χ2v) is 2.38. The van der Waals surface area contributed by atoms with Crippen LogP contribution in [0.5, 0.6) is 0 Å². The zero-order valence-electron chi connectivity index (χ0n) is 4.79. The van der Waals surface area contributed by atoms with Crippen molar-refractivity contribution in [3.05, 3.63) is 4.80 Å². The van der Waals surface area contributed by atoms with Crippen LogP contribution < -0.4 is 10.5 Å². The molecule has 0 spiro atoms. The van der Waals surface area contributed by atoms with Crippen LogP contribution in [-0.2, 0) is 7.05 Å². The number of aryl methyl sites for hydroxylation is 1. The molecule has 1 aromatic heterocycles. The molecule has 0 unspecified atom stereocenters. The lowest BCUT2D eigenvalue weighted by atomic mass is 11.2. The minimum absolute atomic E-state index is 0. The Labute approximate surface area is 73.2 Å². The van der Waals surface area contributed by atoms with E-state index in [1.54, 1.807) is 7.05 Å². The number of aromatic nitrogens is 2. The third kappa shape index (κ3) is 1.94. The number of rotatable bonds is 0. The first-order chi connectivity index (χ1) is 3.70. The van der Waals surface area contributed by atoms with Crippen molar-refractivity contribution in [3.63, 3.8) is 0 Å². The SMILES string of the molecule is Cn1nc(N)sc1=N.I. The maximum Gasteiger partial charge on any atom is 0.202 e. The molecule has 1 rings (SSSR count). The lowest BCUT2D eigenvalue weighted by Gasteiger charge is -1.79. The lowest BCUT2D eigenvalue weighted by molar-refractivity contribution is 0.724. The van der Waals surface area contributed by atoms with E-state index in [1.807, 2.05) is 0 Å². The maximum atomic E-state index is 7.08. The number of nitrogens with one attached hydrogen (secondary N) is 1. The highest BCUT2D eigenvalue weighted by atomic mass is 127. The zero-order valence-corrected chi connectivity index (χ0v) is 7.94. The molecule has 0 saturated carbocycles. The molecule has 1 heterocycles. The second-order valence-electron chi connectivity index (χ2n) is 1.37. The van der Waals surface area contributed by atoms with Gasteiger partial charge in [0.15, 0.2) is 0 Å². The molecule has 0 aliphatic carbocycles. The Kier molecular flexibility index (Phi) is 3.12. The van der Waals surface area contributed by atoms with Crippen molar-refractivity contribution in [2.45, 2.75) is 0 Å². The van der Waals surface area contributed by atoms with Crippen LogP contribution in [0.25, 0.3) is 0 Å². The molecule has 0 atom stereocenters. The smallest absolute Gasteiger partial charge is 0.202 e. The van der Waals surface area contributed by atoms with Crippen molar-refractivity contribution in [3.8, 4) is 0 Å². The summed E-state index contributed by atoms with van der Waals surface area (Å²) >= 11 is 1.17. The molecular weight excluding hydrogens is 251 g/mol. The van der Waals surface area contributed by atoms with Gasteiger partial charge in [0.1, 0.15) is 0 Å². The number of hydrogen-bond acceptors (Lipinski definition) is 4. The van der Waals surface area contributed by atoms with E-state index in [9.17, 15) is 0 Å². The van der Waals surface area contributed by atoms with Crippen molar-refractivity contribution < 1.29 is 0 Å². The van der Waals surface area contributed by atoms with Crippen molar-refractivity contribution in [1.29, 1.82) is 5.41 Å². The van der Waals surface area contributed by atoms with Gasteiger partial charge in [-0.15, -0.1) is 29.1 Å². The number of nitrogens with two attached hydrogens (primary N) is 1. The summed E-state index contributed by atoms with van der Waals surface area (Å²) in [4.78, 5) is 0.377. The van der Waals surface area contributed by atoms with Gasteiger partial charge in [-0.3, -0.25) is 5.41 Å². The third-order valence-electron chi connectivity index (χ3n) is 0.744. The molecule has 52 valence electrons. The molecule has 9 heavy (non-hydrogen) atoms. The average molecular weight is 258 g/mol. The van der Waals surface area contributed by atoms with E-state index in [2.05, 4.69) is 5.10 Å². The maximum absolute atomic E-state index is 7.08. The van der Waals surface area contributed by atoms with E-state index in [-0.39, 0.29) is 24.0 Å². The summed E-state index contributed by atoms with van der Waals surface area (Å²) < 4.78 is 1.43. The van der Waals surface area contributed by atoms with Gasteiger partial charge >= 0.3 is 0 Å². The molecule has 0 aromatic carbocycles. The molecular formula is C3H7IN4S.